The van der Waals surface area contributed by atoms with E-state index in [9.17, 15) is 4.79 Å². The first kappa shape index (κ1) is 14.8. The molecule has 3 rings (SSSR count). The van der Waals surface area contributed by atoms with Crippen LogP contribution in [0.5, 0.6) is 0 Å². The molecule has 1 amide bonds. The third kappa shape index (κ3) is 2.92. The Morgan fingerprint density at radius 2 is 2.05 bits per heavy atom. The van der Waals surface area contributed by atoms with Gasteiger partial charge in [0.2, 0.25) is 5.91 Å². The molecule has 2 fully saturated rings. The number of anilines is 1. The summed E-state index contributed by atoms with van der Waals surface area (Å²) in [6.45, 7) is 1.82. The third-order valence-electron chi connectivity index (χ3n) is 5.02. The maximum Gasteiger partial charge on any atom is 0.225 e. The number of aromatic nitrogens is 1. The van der Waals surface area contributed by atoms with Crippen molar-refractivity contribution >= 4 is 11.7 Å². The van der Waals surface area contributed by atoms with Crippen LogP contribution in [0, 0.1) is 17.2 Å². The summed E-state index contributed by atoms with van der Waals surface area (Å²) in [6, 6.07) is 6.15. The van der Waals surface area contributed by atoms with Crippen LogP contribution < -0.4 is 4.90 Å². The van der Waals surface area contributed by atoms with E-state index in [1.54, 1.807) is 12.3 Å². The first-order chi connectivity index (χ1) is 10.7. The van der Waals surface area contributed by atoms with E-state index in [0.29, 0.717) is 17.5 Å². The molecule has 0 bridgehead atoms. The SMILES string of the molecule is CN(C(=O)C1CCC1)C1CCN(c2ccc(C#N)cn2)CC1. The number of amides is 1. The van der Waals surface area contributed by atoms with Gasteiger partial charge in [-0.1, -0.05) is 6.42 Å². The molecule has 2 aliphatic rings. The van der Waals surface area contributed by atoms with Crippen molar-refractivity contribution < 1.29 is 4.79 Å². The van der Waals surface area contributed by atoms with Gasteiger partial charge >= 0.3 is 0 Å². The molecule has 5 heteroatoms. The molecule has 0 aromatic carbocycles. The highest BCUT2D eigenvalue weighted by Gasteiger charge is 2.32. The highest BCUT2D eigenvalue weighted by molar-refractivity contribution is 5.79. The molecule has 5 nitrogen and oxygen atoms in total. The normalized spacial score (nSPS) is 19.4. The topological polar surface area (TPSA) is 60.2 Å². The van der Waals surface area contributed by atoms with E-state index in [1.807, 2.05) is 18.0 Å². The summed E-state index contributed by atoms with van der Waals surface area (Å²) in [7, 11) is 1.96. The summed E-state index contributed by atoms with van der Waals surface area (Å²) in [5.74, 6) is 1.54. The molecule has 0 radical (unpaired) electrons. The van der Waals surface area contributed by atoms with E-state index >= 15 is 0 Å². The van der Waals surface area contributed by atoms with Gasteiger partial charge in [0.1, 0.15) is 11.9 Å². The predicted octanol–water partition coefficient (Wildman–Crippen LogP) is 2.18. The Labute approximate surface area is 131 Å². The molecule has 1 saturated carbocycles. The molecule has 1 saturated heterocycles. The van der Waals surface area contributed by atoms with E-state index in [1.165, 1.54) is 6.42 Å². The Kier molecular flexibility index (Phi) is 4.28. The Hall–Kier alpha value is -2.09. The highest BCUT2D eigenvalue weighted by atomic mass is 16.2. The zero-order valence-electron chi connectivity index (χ0n) is 13.0. The number of piperidine rings is 1. The number of hydrogen-bond acceptors (Lipinski definition) is 4. The Morgan fingerprint density at radius 3 is 2.55 bits per heavy atom. The average molecular weight is 298 g/mol. The zero-order chi connectivity index (χ0) is 15.5. The van der Waals surface area contributed by atoms with Gasteiger partial charge in [-0.25, -0.2) is 4.98 Å². The summed E-state index contributed by atoms with van der Waals surface area (Å²) in [5, 5.41) is 8.82. The van der Waals surface area contributed by atoms with Crippen LogP contribution in [0.15, 0.2) is 18.3 Å². The van der Waals surface area contributed by atoms with Crippen molar-refractivity contribution in [2.75, 3.05) is 25.0 Å². The van der Waals surface area contributed by atoms with Gasteiger partial charge in [-0.2, -0.15) is 5.26 Å². The molecule has 0 spiro atoms. The molecule has 22 heavy (non-hydrogen) atoms. The summed E-state index contributed by atoms with van der Waals surface area (Å²) < 4.78 is 0. The van der Waals surface area contributed by atoms with Crippen molar-refractivity contribution in [2.45, 2.75) is 38.1 Å². The lowest BCUT2D eigenvalue weighted by molar-refractivity contribution is -0.139. The standard InChI is InChI=1S/C17H22N4O/c1-20(17(22)14-3-2-4-14)15-7-9-21(10-8-15)16-6-5-13(11-18)12-19-16/h5-6,12,14-15H,2-4,7-10H2,1H3. The van der Waals surface area contributed by atoms with Gasteiger partial charge in [-0.15, -0.1) is 0 Å². The number of rotatable bonds is 3. The fourth-order valence-corrected chi connectivity index (χ4v) is 3.24. The van der Waals surface area contributed by atoms with Gasteiger partial charge in [0.15, 0.2) is 0 Å². The second-order valence-electron chi connectivity index (χ2n) is 6.31. The van der Waals surface area contributed by atoms with Gasteiger partial charge in [0.25, 0.3) is 0 Å². The zero-order valence-corrected chi connectivity index (χ0v) is 13.0. The number of carbonyl (C=O) groups excluding carboxylic acids is 1. The highest BCUT2D eigenvalue weighted by Crippen LogP contribution is 2.30. The molecule has 0 N–H and O–H groups in total. The molecule has 1 aliphatic heterocycles. The summed E-state index contributed by atoms with van der Waals surface area (Å²) >= 11 is 0. The van der Waals surface area contributed by atoms with Gasteiger partial charge in [0, 0.05) is 38.3 Å². The van der Waals surface area contributed by atoms with E-state index in [2.05, 4.69) is 16.0 Å². The van der Waals surface area contributed by atoms with E-state index in [-0.39, 0.29) is 5.92 Å². The van der Waals surface area contributed by atoms with Crippen LogP contribution in [0.3, 0.4) is 0 Å². The molecular weight excluding hydrogens is 276 g/mol. The van der Waals surface area contributed by atoms with Gasteiger partial charge in [-0.05, 0) is 37.8 Å². The molecule has 0 unspecified atom stereocenters. The van der Waals surface area contributed by atoms with Crippen LogP contribution in [0.1, 0.15) is 37.7 Å². The molecule has 0 atom stereocenters. The lowest BCUT2D eigenvalue weighted by atomic mass is 9.84. The minimum atomic E-state index is 0.281. The van der Waals surface area contributed by atoms with Crippen LogP contribution >= 0.6 is 0 Å². The molecular formula is C17H22N4O. The van der Waals surface area contributed by atoms with Crippen LogP contribution in [0.4, 0.5) is 5.82 Å². The summed E-state index contributed by atoms with van der Waals surface area (Å²) in [6.07, 6.45) is 6.92. The quantitative estimate of drug-likeness (QED) is 0.858. The molecule has 1 aromatic heterocycles. The molecule has 2 heterocycles. The lowest BCUT2D eigenvalue weighted by Crippen LogP contribution is -2.48. The Bertz CT molecular complexity index is 565. The maximum absolute atomic E-state index is 12.3. The van der Waals surface area contributed by atoms with Gasteiger partial charge < -0.3 is 9.80 Å². The molecule has 1 aliphatic carbocycles. The predicted molar refractivity (Wildman–Crippen MR) is 84.3 cm³/mol. The van der Waals surface area contributed by atoms with Crippen molar-refractivity contribution in [3.05, 3.63) is 23.9 Å². The molecule has 116 valence electrons. The van der Waals surface area contributed by atoms with Crippen LogP contribution in [0.2, 0.25) is 0 Å². The van der Waals surface area contributed by atoms with Crippen LogP contribution in [-0.4, -0.2) is 42.0 Å². The van der Waals surface area contributed by atoms with Gasteiger partial charge in [-0.3, -0.25) is 4.79 Å². The second kappa shape index (κ2) is 6.35. The van der Waals surface area contributed by atoms with Crippen LogP contribution in [0.25, 0.3) is 0 Å². The Morgan fingerprint density at radius 1 is 1.32 bits per heavy atom. The van der Waals surface area contributed by atoms with Crippen molar-refractivity contribution in [1.29, 1.82) is 5.26 Å². The largest absolute Gasteiger partial charge is 0.356 e. The monoisotopic (exact) mass is 298 g/mol. The van der Waals surface area contributed by atoms with Crippen molar-refractivity contribution in [3.63, 3.8) is 0 Å². The minimum absolute atomic E-state index is 0.281. The smallest absolute Gasteiger partial charge is 0.225 e. The maximum atomic E-state index is 12.3. The summed E-state index contributed by atoms with van der Waals surface area (Å²) in [4.78, 5) is 20.9. The first-order valence-corrected chi connectivity index (χ1v) is 8.07. The fourth-order valence-electron chi connectivity index (χ4n) is 3.24. The fraction of sp³-hybridized carbons (Fsp3) is 0.588. The van der Waals surface area contributed by atoms with Crippen molar-refractivity contribution in [3.8, 4) is 6.07 Å². The number of carbonyl (C=O) groups is 1. The molecule has 1 aromatic rings. The minimum Gasteiger partial charge on any atom is -0.356 e. The number of hydrogen-bond donors (Lipinski definition) is 0. The van der Waals surface area contributed by atoms with E-state index < -0.39 is 0 Å². The third-order valence-corrected chi connectivity index (χ3v) is 5.02. The first-order valence-electron chi connectivity index (χ1n) is 8.07. The van der Waals surface area contributed by atoms with Crippen molar-refractivity contribution in [1.82, 2.24) is 9.88 Å². The van der Waals surface area contributed by atoms with E-state index in [0.717, 1.165) is 44.6 Å². The lowest BCUT2D eigenvalue weighted by Gasteiger charge is -2.39. The Balaban J connectivity index is 1.55. The van der Waals surface area contributed by atoms with Crippen LogP contribution in [-0.2, 0) is 4.79 Å². The van der Waals surface area contributed by atoms with Gasteiger partial charge in [0.05, 0.1) is 5.56 Å². The second-order valence-corrected chi connectivity index (χ2v) is 6.31. The van der Waals surface area contributed by atoms with E-state index in [4.69, 9.17) is 5.26 Å². The number of pyridine rings is 1. The number of nitriles is 1. The van der Waals surface area contributed by atoms with Crippen molar-refractivity contribution in [2.24, 2.45) is 5.92 Å². The average Bonchev–Trinajstić information content (AvgIpc) is 2.53. The number of nitrogens with zero attached hydrogens (tertiary/aromatic N) is 4. The summed E-state index contributed by atoms with van der Waals surface area (Å²) in [5.41, 5.74) is 0.587.